The SMILES string of the molecule is O=C1C=Cc2ccccc2/C1=C/c1sc(=O)n(Cc2ccc(Br)cc2)c1O. The number of carbonyl (C=O) groups excluding carboxylic acids is 1. The first-order valence-electron chi connectivity index (χ1n) is 8.23. The third-order valence-corrected chi connectivity index (χ3v) is 5.80. The summed E-state index contributed by atoms with van der Waals surface area (Å²) < 4.78 is 2.26. The van der Waals surface area contributed by atoms with Crippen LogP contribution in [0.15, 0.2) is 63.9 Å². The molecule has 134 valence electrons. The molecule has 27 heavy (non-hydrogen) atoms. The van der Waals surface area contributed by atoms with Crippen molar-refractivity contribution in [3.8, 4) is 5.88 Å². The van der Waals surface area contributed by atoms with Crippen molar-refractivity contribution in [1.29, 1.82) is 0 Å². The van der Waals surface area contributed by atoms with E-state index in [-0.39, 0.29) is 23.1 Å². The molecule has 6 heteroatoms. The zero-order valence-corrected chi connectivity index (χ0v) is 16.5. The van der Waals surface area contributed by atoms with E-state index in [0.717, 1.165) is 32.5 Å². The van der Waals surface area contributed by atoms with Gasteiger partial charge in [0.2, 0.25) is 5.88 Å². The van der Waals surface area contributed by atoms with Crippen LogP contribution in [0.4, 0.5) is 0 Å². The van der Waals surface area contributed by atoms with E-state index in [1.54, 1.807) is 12.2 Å². The van der Waals surface area contributed by atoms with Crippen molar-refractivity contribution < 1.29 is 9.90 Å². The second kappa shape index (κ2) is 7.13. The number of aromatic nitrogens is 1. The molecule has 1 heterocycles. The van der Waals surface area contributed by atoms with E-state index in [9.17, 15) is 14.7 Å². The number of rotatable bonds is 3. The highest BCUT2D eigenvalue weighted by Gasteiger charge is 2.20. The topological polar surface area (TPSA) is 59.3 Å². The Hall–Kier alpha value is -2.70. The van der Waals surface area contributed by atoms with E-state index in [1.165, 1.54) is 10.6 Å². The number of carbonyl (C=O) groups is 1. The molecule has 0 amide bonds. The minimum absolute atomic E-state index is 0.125. The number of aromatic hydroxyl groups is 1. The van der Waals surface area contributed by atoms with Gasteiger partial charge in [0.15, 0.2) is 5.78 Å². The van der Waals surface area contributed by atoms with Crippen LogP contribution in [-0.2, 0) is 11.3 Å². The molecule has 0 fully saturated rings. The molecule has 1 aliphatic carbocycles. The van der Waals surface area contributed by atoms with Gasteiger partial charge in [0.1, 0.15) is 0 Å². The minimum Gasteiger partial charge on any atom is -0.493 e. The molecule has 1 N–H and O–H groups in total. The summed E-state index contributed by atoms with van der Waals surface area (Å²) in [4.78, 5) is 24.9. The minimum atomic E-state index is -0.269. The third kappa shape index (κ3) is 3.46. The molecule has 0 bridgehead atoms. The van der Waals surface area contributed by atoms with Crippen LogP contribution >= 0.6 is 27.3 Å². The number of allylic oxidation sites excluding steroid dienone is 2. The van der Waals surface area contributed by atoms with Gasteiger partial charge in [0.25, 0.3) is 0 Å². The maximum Gasteiger partial charge on any atom is 0.310 e. The molecule has 3 aromatic rings. The quantitative estimate of drug-likeness (QED) is 0.608. The van der Waals surface area contributed by atoms with Gasteiger partial charge in [-0.05, 0) is 41.0 Å². The molecule has 4 nitrogen and oxygen atoms in total. The van der Waals surface area contributed by atoms with Crippen molar-refractivity contribution >= 4 is 50.8 Å². The Labute approximate surface area is 167 Å². The first-order chi connectivity index (χ1) is 13.0. The molecule has 4 rings (SSSR count). The predicted octanol–water partition coefficient (Wildman–Crippen LogP) is 4.56. The summed E-state index contributed by atoms with van der Waals surface area (Å²) in [7, 11) is 0. The highest BCUT2D eigenvalue weighted by atomic mass is 79.9. The molecule has 1 aromatic heterocycles. The number of hydrogen-bond donors (Lipinski definition) is 1. The van der Waals surface area contributed by atoms with Crippen molar-refractivity contribution in [2.75, 3.05) is 0 Å². The molecule has 0 radical (unpaired) electrons. The van der Waals surface area contributed by atoms with E-state index in [2.05, 4.69) is 15.9 Å². The molecular formula is C21H14BrNO3S. The lowest BCUT2D eigenvalue weighted by Gasteiger charge is -2.12. The number of nitrogens with zero attached hydrogens (tertiary/aromatic N) is 1. The van der Waals surface area contributed by atoms with Gasteiger partial charge >= 0.3 is 4.87 Å². The average molecular weight is 440 g/mol. The van der Waals surface area contributed by atoms with Crippen molar-refractivity contribution in [2.24, 2.45) is 0 Å². The van der Waals surface area contributed by atoms with Crippen molar-refractivity contribution in [2.45, 2.75) is 6.54 Å². The highest BCUT2D eigenvalue weighted by molar-refractivity contribution is 9.10. The zero-order valence-electron chi connectivity index (χ0n) is 14.1. The number of hydrogen-bond acceptors (Lipinski definition) is 4. The largest absolute Gasteiger partial charge is 0.493 e. The lowest BCUT2D eigenvalue weighted by atomic mass is 9.91. The van der Waals surface area contributed by atoms with Crippen LogP contribution in [0.5, 0.6) is 5.88 Å². The number of halogens is 1. The van der Waals surface area contributed by atoms with Crippen LogP contribution in [0, 0.1) is 0 Å². The van der Waals surface area contributed by atoms with Gasteiger partial charge < -0.3 is 5.11 Å². The fourth-order valence-electron chi connectivity index (χ4n) is 2.98. The van der Waals surface area contributed by atoms with Gasteiger partial charge in [0, 0.05) is 10.0 Å². The summed E-state index contributed by atoms with van der Waals surface area (Å²) in [6, 6.07) is 15.1. The summed E-state index contributed by atoms with van der Waals surface area (Å²) in [5.41, 5.74) is 3.10. The van der Waals surface area contributed by atoms with E-state index in [0.29, 0.717) is 10.5 Å². The molecule has 0 aliphatic heterocycles. The van der Waals surface area contributed by atoms with E-state index < -0.39 is 0 Å². The first kappa shape index (κ1) is 17.7. The molecule has 0 atom stereocenters. The summed E-state index contributed by atoms with van der Waals surface area (Å²) in [6.45, 7) is 0.266. The van der Waals surface area contributed by atoms with Gasteiger partial charge in [-0.1, -0.05) is 69.7 Å². The van der Waals surface area contributed by atoms with Gasteiger partial charge in [-0.2, -0.15) is 0 Å². The highest BCUT2D eigenvalue weighted by Crippen LogP contribution is 2.32. The Morgan fingerprint density at radius 3 is 2.56 bits per heavy atom. The summed E-state index contributed by atoms with van der Waals surface area (Å²) >= 11 is 4.31. The van der Waals surface area contributed by atoms with Gasteiger partial charge in [-0.15, -0.1) is 0 Å². The van der Waals surface area contributed by atoms with Gasteiger partial charge in [0.05, 0.1) is 11.4 Å². The Bertz CT molecular complexity index is 1150. The van der Waals surface area contributed by atoms with Crippen LogP contribution in [0.25, 0.3) is 17.7 Å². The Kier molecular flexibility index (Phi) is 4.68. The summed E-state index contributed by atoms with van der Waals surface area (Å²) in [6.07, 6.45) is 4.88. The fourth-order valence-corrected chi connectivity index (χ4v) is 4.07. The van der Waals surface area contributed by atoms with Crippen LogP contribution in [-0.4, -0.2) is 15.5 Å². The molecular weight excluding hydrogens is 426 g/mol. The molecule has 1 aliphatic rings. The van der Waals surface area contributed by atoms with Gasteiger partial charge in [-0.25, -0.2) is 0 Å². The molecule has 0 unspecified atom stereocenters. The standard InChI is InChI=1S/C21H14BrNO3S/c22-15-8-5-13(6-9-15)12-23-20(25)19(27-21(23)26)11-17-16-4-2-1-3-14(16)7-10-18(17)24/h1-11,25H,12H2/b17-11-. The smallest absolute Gasteiger partial charge is 0.310 e. The number of fused-ring (bicyclic) bond motifs is 1. The zero-order chi connectivity index (χ0) is 19.0. The Morgan fingerprint density at radius 1 is 1.04 bits per heavy atom. The lowest BCUT2D eigenvalue weighted by molar-refractivity contribution is -0.109. The number of thiazole rings is 1. The fraction of sp³-hybridized carbons (Fsp3) is 0.0476. The van der Waals surface area contributed by atoms with Crippen LogP contribution in [0.2, 0.25) is 0 Å². The van der Waals surface area contributed by atoms with Crippen LogP contribution in [0.1, 0.15) is 21.6 Å². The monoisotopic (exact) mass is 439 g/mol. The van der Waals surface area contributed by atoms with Gasteiger partial charge in [-0.3, -0.25) is 14.2 Å². The molecule has 2 aromatic carbocycles. The van der Waals surface area contributed by atoms with Crippen LogP contribution < -0.4 is 4.87 Å². The second-order valence-corrected chi connectivity index (χ2v) is 8.02. The summed E-state index contributed by atoms with van der Waals surface area (Å²) in [5, 5.41) is 10.6. The normalized spacial score (nSPS) is 14.6. The average Bonchev–Trinajstić information content (AvgIpc) is 2.93. The third-order valence-electron chi connectivity index (χ3n) is 4.35. The number of ketones is 1. The lowest BCUT2D eigenvalue weighted by Crippen LogP contribution is -2.13. The molecule has 0 spiro atoms. The maximum absolute atomic E-state index is 12.4. The van der Waals surface area contributed by atoms with E-state index in [4.69, 9.17) is 0 Å². The first-order valence-corrected chi connectivity index (χ1v) is 9.84. The van der Waals surface area contributed by atoms with Crippen molar-refractivity contribution in [3.05, 3.63) is 90.3 Å². The van der Waals surface area contributed by atoms with E-state index in [1.807, 2.05) is 48.5 Å². The summed E-state index contributed by atoms with van der Waals surface area (Å²) in [5.74, 6) is -0.270. The van der Waals surface area contributed by atoms with E-state index >= 15 is 0 Å². The molecule has 0 saturated carbocycles. The predicted molar refractivity (Wildman–Crippen MR) is 112 cm³/mol. The number of benzene rings is 2. The van der Waals surface area contributed by atoms with Crippen molar-refractivity contribution in [1.82, 2.24) is 4.57 Å². The second-order valence-electron chi connectivity index (χ2n) is 6.11. The molecule has 0 saturated heterocycles. The Balaban J connectivity index is 1.74. The Morgan fingerprint density at radius 2 is 1.78 bits per heavy atom. The van der Waals surface area contributed by atoms with Crippen LogP contribution in [0.3, 0.4) is 0 Å². The maximum atomic E-state index is 12.4. The van der Waals surface area contributed by atoms with Crippen molar-refractivity contribution in [3.63, 3.8) is 0 Å².